The fourth-order valence-corrected chi connectivity index (χ4v) is 2.66. The number of benzene rings is 1. The molecule has 1 aliphatic heterocycles. The van der Waals surface area contributed by atoms with Gasteiger partial charge in [0.05, 0.1) is 5.52 Å². The van der Waals surface area contributed by atoms with Gasteiger partial charge in [-0.3, -0.25) is 0 Å². The molecule has 5 nitrogen and oxygen atoms in total. The van der Waals surface area contributed by atoms with Crippen molar-refractivity contribution in [3.05, 3.63) is 30.6 Å². The summed E-state index contributed by atoms with van der Waals surface area (Å²) in [6, 6.07) is 7.23. The molecule has 1 aromatic heterocycles. The Morgan fingerprint density at radius 2 is 2.11 bits per heavy atom. The molecule has 0 aliphatic carbocycles. The summed E-state index contributed by atoms with van der Waals surface area (Å²) in [7, 11) is 0. The van der Waals surface area contributed by atoms with E-state index in [4.69, 9.17) is 0 Å². The second-order valence-corrected chi connectivity index (χ2v) is 4.76. The van der Waals surface area contributed by atoms with Crippen LogP contribution in [0.1, 0.15) is 19.3 Å². The fourth-order valence-electron chi connectivity index (χ4n) is 2.66. The molecule has 0 bridgehead atoms. The number of piperidine rings is 1. The van der Waals surface area contributed by atoms with E-state index in [9.17, 15) is 9.90 Å². The third kappa shape index (κ3) is 2.12. The van der Waals surface area contributed by atoms with Crippen molar-refractivity contribution in [1.82, 2.24) is 9.97 Å². The van der Waals surface area contributed by atoms with Crippen molar-refractivity contribution in [3.8, 4) is 0 Å². The Kier molecular flexibility index (Phi) is 3.03. The summed E-state index contributed by atoms with van der Waals surface area (Å²) in [6.07, 6.45) is 4.14. The zero-order valence-corrected chi connectivity index (χ0v) is 10.5. The van der Waals surface area contributed by atoms with Crippen LogP contribution in [0.4, 0.5) is 5.82 Å². The van der Waals surface area contributed by atoms with Crippen molar-refractivity contribution in [2.45, 2.75) is 25.3 Å². The second kappa shape index (κ2) is 4.84. The van der Waals surface area contributed by atoms with Gasteiger partial charge in [-0.2, -0.15) is 0 Å². The molecule has 1 N–H and O–H groups in total. The normalized spacial score (nSPS) is 19.6. The molecule has 1 atom stereocenters. The molecule has 1 aromatic carbocycles. The number of aliphatic carboxylic acids is 1. The van der Waals surface area contributed by atoms with Crippen molar-refractivity contribution in [3.63, 3.8) is 0 Å². The highest BCUT2D eigenvalue weighted by atomic mass is 16.4. The Labute approximate surface area is 110 Å². The lowest BCUT2D eigenvalue weighted by Crippen LogP contribution is -2.45. The van der Waals surface area contributed by atoms with Crippen LogP contribution in [0.5, 0.6) is 0 Å². The van der Waals surface area contributed by atoms with Crippen LogP contribution in [0.2, 0.25) is 0 Å². The summed E-state index contributed by atoms with van der Waals surface area (Å²) in [6.45, 7) is 0.734. The van der Waals surface area contributed by atoms with Gasteiger partial charge < -0.3 is 10.0 Å². The van der Waals surface area contributed by atoms with E-state index in [-0.39, 0.29) is 0 Å². The minimum Gasteiger partial charge on any atom is -0.480 e. The largest absolute Gasteiger partial charge is 0.480 e. The molecule has 1 fully saturated rings. The summed E-state index contributed by atoms with van der Waals surface area (Å²) < 4.78 is 0. The standard InChI is InChI=1S/C14H15N3O2/c18-14(19)12-7-3-4-8-17(12)13-10-5-1-2-6-11(10)15-9-16-13/h1-2,5-6,9,12H,3-4,7-8H2,(H,18,19). The average molecular weight is 257 g/mol. The lowest BCUT2D eigenvalue weighted by molar-refractivity contribution is -0.139. The maximum Gasteiger partial charge on any atom is 0.326 e. The molecule has 0 spiro atoms. The maximum absolute atomic E-state index is 11.4. The van der Waals surface area contributed by atoms with Crippen LogP contribution in [0.25, 0.3) is 10.9 Å². The van der Waals surface area contributed by atoms with Crippen LogP contribution in [-0.4, -0.2) is 33.6 Å². The number of carboxylic acids is 1. The highest BCUT2D eigenvalue weighted by Crippen LogP contribution is 2.28. The molecule has 1 aliphatic rings. The van der Waals surface area contributed by atoms with Crippen LogP contribution in [-0.2, 0) is 4.79 Å². The third-order valence-electron chi connectivity index (χ3n) is 3.58. The van der Waals surface area contributed by atoms with Crippen molar-refractivity contribution < 1.29 is 9.90 Å². The molecule has 0 amide bonds. The maximum atomic E-state index is 11.4. The molecule has 19 heavy (non-hydrogen) atoms. The third-order valence-corrected chi connectivity index (χ3v) is 3.58. The van der Waals surface area contributed by atoms with Gasteiger partial charge in [0.2, 0.25) is 0 Å². The van der Waals surface area contributed by atoms with Crippen LogP contribution >= 0.6 is 0 Å². The van der Waals surface area contributed by atoms with E-state index in [1.54, 1.807) is 0 Å². The minimum absolute atomic E-state index is 0.480. The number of hydrogen-bond donors (Lipinski definition) is 1. The van der Waals surface area contributed by atoms with Gasteiger partial charge in [-0.25, -0.2) is 14.8 Å². The van der Waals surface area contributed by atoms with Gasteiger partial charge >= 0.3 is 5.97 Å². The Bertz CT molecular complexity index is 609. The number of hydrogen-bond acceptors (Lipinski definition) is 4. The number of carbonyl (C=O) groups is 1. The number of rotatable bonds is 2. The van der Waals surface area contributed by atoms with Crippen molar-refractivity contribution in [2.75, 3.05) is 11.4 Å². The molecule has 5 heteroatoms. The van der Waals surface area contributed by atoms with Gasteiger partial charge in [0, 0.05) is 11.9 Å². The number of fused-ring (bicyclic) bond motifs is 1. The highest BCUT2D eigenvalue weighted by molar-refractivity contribution is 5.91. The molecular formula is C14H15N3O2. The van der Waals surface area contributed by atoms with Crippen molar-refractivity contribution in [2.24, 2.45) is 0 Å². The molecule has 3 rings (SSSR count). The first kappa shape index (κ1) is 11.9. The second-order valence-electron chi connectivity index (χ2n) is 4.76. The van der Waals surface area contributed by atoms with E-state index in [2.05, 4.69) is 9.97 Å². The molecule has 2 heterocycles. The van der Waals surface area contributed by atoms with E-state index in [0.717, 1.165) is 36.1 Å². The molecule has 0 radical (unpaired) electrons. The number of anilines is 1. The predicted molar refractivity (Wildman–Crippen MR) is 72.2 cm³/mol. The summed E-state index contributed by atoms with van der Waals surface area (Å²) in [5.41, 5.74) is 0.849. The first-order valence-electron chi connectivity index (χ1n) is 6.46. The predicted octanol–water partition coefficient (Wildman–Crippen LogP) is 2.07. The molecular weight excluding hydrogens is 242 g/mol. The lowest BCUT2D eigenvalue weighted by atomic mass is 10.0. The first-order chi connectivity index (χ1) is 9.27. The molecule has 1 unspecified atom stereocenters. The van der Waals surface area contributed by atoms with Gasteiger partial charge in [0.25, 0.3) is 0 Å². The Balaban J connectivity index is 2.09. The Morgan fingerprint density at radius 3 is 2.95 bits per heavy atom. The fraction of sp³-hybridized carbons (Fsp3) is 0.357. The average Bonchev–Trinajstić information content (AvgIpc) is 2.46. The molecule has 98 valence electrons. The van der Waals surface area contributed by atoms with Crippen molar-refractivity contribution in [1.29, 1.82) is 0 Å². The smallest absolute Gasteiger partial charge is 0.326 e. The lowest BCUT2D eigenvalue weighted by Gasteiger charge is -2.34. The first-order valence-corrected chi connectivity index (χ1v) is 6.46. The van der Waals surface area contributed by atoms with Gasteiger partial charge in [-0.15, -0.1) is 0 Å². The summed E-state index contributed by atoms with van der Waals surface area (Å²) >= 11 is 0. The van der Waals surface area contributed by atoms with Gasteiger partial charge in [-0.05, 0) is 31.4 Å². The summed E-state index contributed by atoms with van der Waals surface area (Å²) in [5.74, 6) is -0.0416. The Hall–Kier alpha value is -2.17. The monoisotopic (exact) mass is 257 g/mol. The topological polar surface area (TPSA) is 66.3 Å². The zero-order valence-electron chi connectivity index (χ0n) is 10.5. The molecule has 1 saturated heterocycles. The number of nitrogens with zero attached hydrogens (tertiary/aromatic N) is 3. The van der Waals surface area contributed by atoms with Crippen LogP contribution < -0.4 is 4.90 Å². The van der Waals surface area contributed by atoms with E-state index < -0.39 is 12.0 Å². The molecule has 2 aromatic rings. The number of para-hydroxylation sites is 1. The SMILES string of the molecule is O=C(O)C1CCCCN1c1ncnc2ccccc12. The van der Waals surface area contributed by atoms with E-state index in [1.165, 1.54) is 6.33 Å². The quantitative estimate of drug-likeness (QED) is 0.892. The van der Waals surface area contributed by atoms with Crippen LogP contribution in [0, 0.1) is 0 Å². The zero-order chi connectivity index (χ0) is 13.2. The summed E-state index contributed by atoms with van der Waals surface area (Å²) in [4.78, 5) is 21.8. The summed E-state index contributed by atoms with van der Waals surface area (Å²) in [5, 5.41) is 10.3. The van der Waals surface area contributed by atoms with E-state index >= 15 is 0 Å². The van der Waals surface area contributed by atoms with Crippen LogP contribution in [0.3, 0.4) is 0 Å². The minimum atomic E-state index is -0.776. The number of aromatic nitrogens is 2. The van der Waals surface area contributed by atoms with E-state index in [0.29, 0.717) is 6.42 Å². The Morgan fingerprint density at radius 1 is 1.26 bits per heavy atom. The molecule has 0 saturated carbocycles. The highest BCUT2D eigenvalue weighted by Gasteiger charge is 2.30. The van der Waals surface area contributed by atoms with E-state index in [1.807, 2.05) is 29.2 Å². The van der Waals surface area contributed by atoms with Gasteiger partial charge in [0.15, 0.2) is 0 Å². The van der Waals surface area contributed by atoms with Crippen LogP contribution in [0.15, 0.2) is 30.6 Å². The van der Waals surface area contributed by atoms with Crippen molar-refractivity contribution >= 4 is 22.7 Å². The van der Waals surface area contributed by atoms with Gasteiger partial charge in [0.1, 0.15) is 18.2 Å². The number of carboxylic acid groups (broad SMARTS) is 1. The van der Waals surface area contributed by atoms with Gasteiger partial charge in [-0.1, -0.05) is 12.1 Å².